The van der Waals surface area contributed by atoms with Gasteiger partial charge in [-0.3, -0.25) is 0 Å². The van der Waals surface area contributed by atoms with E-state index in [4.69, 9.17) is 4.42 Å². The summed E-state index contributed by atoms with van der Waals surface area (Å²) in [6, 6.07) is 0. The summed E-state index contributed by atoms with van der Waals surface area (Å²) < 4.78 is 5.51. The summed E-state index contributed by atoms with van der Waals surface area (Å²) in [5.41, 5.74) is 0. The quantitative estimate of drug-likeness (QED) is 0.819. The number of aromatic nitrogens is 1. The largest absolute Gasteiger partial charge is 0.443 e. The van der Waals surface area contributed by atoms with Crippen LogP contribution < -0.4 is 0 Å². The third-order valence-corrected chi connectivity index (χ3v) is 3.57. The minimum atomic E-state index is -0.547. The number of nitrogens with zero attached hydrogens (tertiary/aromatic N) is 1. The predicted octanol–water partition coefficient (Wildman–Crippen LogP) is 2.34. The maximum absolute atomic E-state index is 9.30. The van der Waals surface area contributed by atoms with Crippen molar-refractivity contribution in [3.05, 3.63) is 17.8 Å². The Labute approximate surface area is 87.9 Å². The van der Waals surface area contributed by atoms with Gasteiger partial charge in [-0.05, 0) is 31.3 Å². The van der Waals surface area contributed by atoms with Crippen LogP contribution in [0.3, 0.4) is 0 Å². The topological polar surface area (TPSA) is 46.3 Å². The van der Waals surface area contributed by atoms with Crippen LogP contribution in [-0.4, -0.2) is 21.6 Å². The summed E-state index contributed by atoms with van der Waals surface area (Å²) in [7, 11) is 0. The van der Waals surface area contributed by atoms with E-state index in [1.807, 2.05) is 11.8 Å². The molecule has 2 rings (SSSR count). The minimum absolute atomic E-state index is 0.462. The zero-order valence-electron chi connectivity index (χ0n) is 8.27. The lowest BCUT2D eigenvalue weighted by Gasteiger charge is -2.17. The average Bonchev–Trinajstić information content (AvgIpc) is 2.68. The summed E-state index contributed by atoms with van der Waals surface area (Å²) in [5.74, 6) is 4.23. The van der Waals surface area contributed by atoms with E-state index in [0.717, 1.165) is 18.7 Å². The van der Waals surface area contributed by atoms with Crippen LogP contribution in [0.1, 0.15) is 43.4 Å². The van der Waals surface area contributed by atoms with E-state index in [9.17, 15) is 5.11 Å². The number of aliphatic hydroxyl groups excluding tert-OH is 1. The Morgan fingerprint density at radius 3 is 2.86 bits per heavy atom. The summed E-state index contributed by atoms with van der Waals surface area (Å²) in [6.07, 6.45) is 3.38. The predicted molar refractivity (Wildman–Crippen MR) is 56.4 cm³/mol. The van der Waals surface area contributed by atoms with Gasteiger partial charge in [-0.1, -0.05) is 0 Å². The van der Waals surface area contributed by atoms with Crippen LogP contribution in [0.15, 0.2) is 10.6 Å². The molecule has 3 nitrogen and oxygen atoms in total. The number of rotatable bonds is 2. The van der Waals surface area contributed by atoms with Gasteiger partial charge in [0.05, 0.1) is 6.20 Å². The van der Waals surface area contributed by atoms with Gasteiger partial charge in [-0.25, -0.2) is 4.98 Å². The van der Waals surface area contributed by atoms with Crippen molar-refractivity contribution in [1.29, 1.82) is 0 Å². The van der Waals surface area contributed by atoms with Crippen LogP contribution in [0.2, 0.25) is 0 Å². The van der Waals surface area contributed by atoms with E-state index in [2.05, 4.69) is 4.98 Å². The molecule has 0 radical (unpaired) electrons. The highest BCUT2D eigenvalue weighted by Crippen LogP contribution is 2.31. The fourth-order valence-corrected chi connectivity index (χ4v) is 2.73. The second kappa shape index (κ2) is 4.36. The Hall–Kier alpha value is -0.480. The second-order valence-electron chi connectivity index (χ2n) is 3.66. The molecule has 0 spiro atoms. The molecule has 4 heteroatoms. The van der Waals surface area contributed by atoms with Crippen molar-refractivity contribution >= 4 is 11.8 Å². The van der Waals surface area contributed by atoms with Crippen molar-refractivity contribution in [1.82, 2.24) is 4.98 Å². The lowest BCUT2D eigenvalue weighted by atomic mass is 10.0. The Morgan fingerprint density at radius 2 is 2.29 bits per heavy atom. The first-order valence-electron chi connectivity index (χ1n) is 4.99. The fourth-order valence-electron chi connectivity index (χ4n) is 1.63. The SMILES string of the molecule is CC(O)c1cnc(C2CCSCC2)o1. The molecule has 0 saturated carbocycles. The van der Waals surface area contributed by atoms with Gasteiger partial charge in [-0.15, -0.1) is 0 Å². The van der Waals surface area contributed by atoms with Gasteiger partial charge in [0.2, 0.25) is 0 Å². The zero-order chi connectivity index (χ0) is 9.97. The average molecular weight is 213 g/mol. The first-order chi connectivity index (χ1) is 6.77. The van der Waals surface area contributed by atoms with E-state index in [1.165, 1.54) is 11.5 Å². The second-order valence-corrected chi connectivity index (χ2v) is 4.89. The highest BCUT2D eigenvalue weighted by atomic mass is 32.2. The van der Waals surface area contributed by atoms with Crippen LogP contribution in [0, 0.1) is 0 Å². The third kappa shape index (κ3) is 2.12. The molecule has 0 bridgehead atoms. The summed E-state index contributed by atoms with van der Waals surface area (Å²) >= 11 is 1.99. The Morgan fingerprint density at radius 1 is 1.57 bits per heavy atom. The first-order valence-corrected chi connectivity index (χ1v) is 6.14. The molecule has 78 valence electrons. The van der Waals surface area contributed by atoms with Crippen LogP contribution in [0.4, 0.5) is 0 Å². The summed E-state index contributed by atoms with van der Waals surface area (Å²) in [6.45, 7) is 1.70. The van der Waals surface area contributed by atoms with Crippen molar-refractivity contribution in [3.63, 3.8) is 0 Å². The van der Waals surface area contributed by atoms with Crippen LogP contribution in [0.5, 0.6) is 0 Å². The molecule has 1 fully saturated rings. The van der Waals surface area contributed by atoms with Crippen molar-refractivity contribution in [3.8, 4) is 0 Å². The fraction of sp³-hybridized carbons (Fsp3) is 0.700. The third-order valence-electron chi connectivity index (χ3n) is 2.52. The van der Waals surface area contributed by atoms with E-state index in [0.29, 0.717) is 11.7 Å². The molecular weight excluding hydrogens is 198 g/mol. The van der Waals surface area contributed by atoms with Crippen molar-refractivity contribution in [2.24, 2.45) is 0 Å². The molecule has 0 aliphatic carbocycles. The molecule has 1 aliphatic heterocycles. The molecule has 0 aromatic carbocycles. The monoisotopic (exact) mass is 213 g/mol. The van der Waals surface area contributed by atoms with E-state index in [1.54, 1.807) is 13.1 Å². The molecule has 1 aromatic rings. The van der Waals surface area contributed by atoms with Crippen LogP contribution in [-0.2, 0) is 0 Å². The summed E-state index contributed by atoms with van der Waals surface area (Å²) in [5, 5.41) is 9.30. The molecule has 14 heavy (non-hydrogen) atoms. The number of thioether (sulfide) groups is 1. The normalized spacial score (nSPS) is 21.0. The number of oxazole rings is 1. The maximum atomic E-state index is 9.30. The van der Waals surface area contributed by atoms with Gasteiger partial charge in [0.25, 0.3) is 0 Å². The van der Waals surface area contributed by atoms with Gasteiger partial charge in [0.15, 0.2) is 11.7 Å². The molecule has 2 heterocycles. The lowest BCUT2D eigenvalue weighted by molar-refractivity contribution is 0.165. The van der Waals surface area contributed by atoms with E-state index < -0.39 is 6.10 Å². The molecule has 1 aliphatic rings. The number of aliphatic hydroxyl groups is 1. The lowest BCUT2D eigenvalue weighted by Crippen LogP contribution is -2.07. The van der Waals surface area contributed by atoms with Gasteiger partial charge in [0, 0.05) is 5.92 Å². The highest BCUT2D eigenvalue weighted by molar-refractivity contribution is 7.99. The molecule has 1 saturated heterocycles. The van der Waals surface area contributed by atoms with Crippen molar-refractivity contribution in [2.45, 2.75) is 31.8 Å². The van der Waals surface area contributed by atoms with Crippen LogP contribution in [0.25, 0.3) is 0 Å². The number of hydrogen-bond acceptors (Lipinski definition) is 4. The van der Waals surface area contributed by atoms with E-state index >= 15 is 0 Å². The molecule has 1 N–H and O–H groups in total. The first kappa shape index (κ1) is 10.1. The smallest absolute Gasteiger partial charge is 0.197 e. The maximum Gasteiger partial charge on any atom is 0.197 e. The molecule has 1 atom stereocenters. The zero-order valence-corrected chi connectivity index (χ0v) is 9.09. The van der Waals surface area contributed by atoms with E-state index in [-0.39, 0.29) is 0 Å². The van der Waals surface area contributed by atoms with Gasteiger partial charge in [0.1, 0.15) is 6.10 Å². The van der Waals surface area contributed by atoms with Gasteiger partial charge >= 0.3 is 0 Å². The molecule has 1 unspecified atom stereocenters. The minimum Gasteiger partial charge on any atom is -0.443 e. The van der Waals surface area contributed by atoms with Gasteiger partial charge < -0.3 is 9.52 Å². The highest BCUT2D eigenvalue weighted by Gasteiger charge is 2.21. The Bertz CT molecular complexity index is 292. The molecule has 1 aromatic heterocycles. The Kier molecular flexibility index (Phi) is 3.13. The molecule has 0 amide bonds. The van der Waals surface area contributed by atoms with Crippen molar-refractivity contribution < 1.29 is 9.52 Å². The number of hydrogen-bond donors (Lipinski definition) is 1. The molecular formula is C10H15NO2S. The van der Waals surface area contributed by atoms with Gasteiger partial charge in [-0.2, -0.15) is 11.8 Å². The Balaban J connectivity index is 2.07. The summed E-state index contributed by atoms with van der Waals surface area (Å²) in [4.78, 5) is 4.23. The van der Waals surface area contributed by atoms with Crippen LogP contribution >= 0.6 is 11.8 Å². The van der Waals surface area contributed by atoms with Crippen molar-refractivity contribution in [2.75, 3.05) is 11.5 Å². The standard InChI is InChI=1S/C10H15NO2S/c1-7(12)9-6-11-10(13-9)8-2-4-14-5-3-8/h6-8,12H,2-5H2,1H3.